The van der Waals surface area contributed by atoms with Gasteiger partial charge in [-0.3, -0.25) is 4.79 Å². The summed E-state index contributed by atoms with van der Waals surface area (Å²) in [4.78, 5) is 14.0. The summed E-state index contributed by atoms with van der Waals surface area (Å²) < 4.78 is 0. The summed E-state index contributed by atoms with van der Waals surface area (Å²) in [6.07, 6.45) is 2.20. The van der Waals surface area contributed by atoms with Crippen molar-refractivity contribution in [2.24, 2.45) is 0 Å². The Morgan fingerprint density at radius 1 is 1.11 bits per heavy atom. The highest BCUT2D eigenvalue weighted by Crippen LogP contribution is 2.26. The maximum Gasteiger partial charge on any atom is 0.245 e. The molecule has 1 aliphatic rings. The Balaban J connectivity index is 2.08. The molecule has 18 heavy (non-hydrogen) atoms. The van der Waals surface area contributed by atoms with Crippen LogP contribution in [0.5, 0.6) is 0 Å². The molecule has 1 amide bonds. The van der Waals surface area contributed by atoms with Crippen molar-refractivity contribution in [1.29, 1.82) is 0 Å². The lowest BCUT2D eigenvalue weighted by atomic mass is 10.0. The summed E-state index contributed by atoms with van der Waals surface area (Å²) in [5, 5.41) is -0.538. The van der Waals surface area contributed by atoms with E-state index in [2.05, 4.69) is 26.0 Å². The third-order valence-electron chi connectivity index (χ3n) is 3.53. The molecular weight excluding hydrogens is 246 g/mol. The Labute approximate surface area is 114 Å². The molecule has 1 heterocycles. The van der Waals surface area contributed by atoms with Crippen LogP contribution in [0.2, 0.25) is 0 Å². The number of carbonyl (C=O) groups is 1. The molecule has 1 atom stereocenters. The van der Waals surface area contributed by atoms with Gasteiger partial charge in [-0.05, 0) is 29.9 Å². The molecule has 98 valence electrons. The van der Waals surface area contributed by atoms with E-state index in [-0.39, 0.29) is 5.91 Å². The maximum atomic E-state index is 12.2. The number of likely N-dealkylation sites (tertiary alicyclic amines) is 1. The molecule has 0 aliphatic carbocycles. The molecule has 1 aromatic rings. The minimum Gasteiger partial charge on any atom is -0.341 e. The molecule has 0 spiro atoms. The van der Waals surface area contributed by atoms with Crippen LogP contribution in [0.4, 0.5) is 0 Å². The largest absolute Gasteiger partial charge is 0.341 e. The van der Waals surface area contributed by atoms with E-state index < -0.39 is 5.38 Å². The van der Waals surface area contributed by atoms with Gasteiger partial charge in [0.2, 0.25) is 5.91 Å². The van der Waals surface area contributed by atoms with Crippen molar-refractivity contribution in [3.8, 4) is 0 Å². The van der Waals surface area contributed by atoms with Gasteiger partial charge in [0, 0.05) is 13.1 Å². The van der Waals surface area contributed by atoms with Gasteiger partial charge in [-0.1, -0.05) is 38.1 Å². The van der Waals surface area contributed by atoms with Crippen LogP contribution in [0, 0.1) is 0 Å². The topological polar surface area (TPSA) is 20.3 Å². The van der Waals surface area contributed by atoms with Gasteiger partial charge < -0.3 is 4.90 Å². The van der Waals surface area contributed by atoms with E-state index in [4.69, 9.17) is 11.6 Å². The van der Waals surface area contributed by atoms with Gasteiger partial charge in [0.1, 0.15) is 5.38 Å². The lowest BCUT2D eigenvalue weighted by Gasteiger charge is -2.19. The summed E-state index contributed by atoms with van der Waals surface area (Å²) in [5.74, 6) is 0.550. The summed E-state index contributed by atoms with van der Waals surface area (Å²) in [6.45, 7) is 6.02. The number of amides is 1. The predicted molar refractivity (Wildman–Crippen MR) is 74.9 cm³/mol. The molecule has 0 N–H and O–H groups in total. The average Bonchev–Trinajstić information content (AvgIpc) is 2.91. The molecule has 0 bridgehead atoms. The zero-order chi connectivity index (χ0) is 13.1. The second kappa shape index (κ2) is 5.75. The zero-order valence-corrected chi connectivity index (χ0v) is 11.8. The Morgan fingerprint density at radius 3 is 2.11 bits per heavy atom. The van der Waals surface area contributed by atoms with Crippen molar-refractivity contribution >= 4 is 17.5 Å². The van der Waals surface area contributed by atoms with Gasteiger partial charge in [-0.2, -0.15) is 0 Å². The molecule has 3 heteroatoms. The fourth-order valence-corrected chi connectivity index (χ4v) is 2.57. The van der Waals surface area contributed by atoms with Gasteiger partial charge in [-0.15, -0.1) is 11.6 Å². The Hall–Kier alpha value is -1.02. The first-order chi connectivity index (χ1) is 8.59. The van der Waals surface area contributed by atoms with E-state index >= 15 is 0 Å². The molecule has 2 nitrogen and oxygen atoms in total. The standard InChI is InChI=1S/C15H20ClNO/c1-11(2)12-5-7-13(8-6-12)14(16)15(18)17-9-3-4-10-17/h5-8,11,14H,3-4,9-10H2,1-2H3. The number of alkyl halides is 1. The first kappa shape index (κ1) is 13.4. The highest BCUT2D eigenvalue weighted by atomic mass is 35.5. The third kappa shape index (κ3) is 2.86. The number of halogens is 1. The van der Waals surface area contributed by atoms with E-state index in [0.29, 0.717) is 5.92 Å². The maximum absolute atomic E-state index is 12.2. The number of nitrogens with zero attached hydrogens (tertiary/aromatic N) is 1. The average molecular weight is 266 g/mol. The van der Waals surface area contributed by atoms with Crippen LogP contribution in [-0.2, 0) is 4.79 Å². The zero-order valence-electron chi connectivity index (χ0n) is 11.0. The van der Waals surface area contributed by atoms with Gasteiger partial charge in [-0.25, -0.2) is 0 Å². The van der Waals surface area contributed by atoms with Crippen molar-refractivity contribution in [3.63, 3.8) is 0 Å². The summed E-state index contributed by atoms with van der Waals surface area (Å²) >= 11 is 6.28. The van der Waals surface area contributed by atoms with E-state index in [0.717, 1.165) is 31.5 Å². The molecule has 0 aromatic heterocycles. The van der Waals surface area contributed by atoms with Crippen LogP contribution in [0.15, 0.2) is 24.3 Å². The molecule has 1 aliphatic heterocycles. The Bertz CT molecular complexity index is 407. The highest BCUT2D eigenvalue weighted by Gasteiger charge is 2.25. The van der Waals surface area contributed by atoms with Crippen LogP contribution in [0.25, 0.3) is 0 Å². The van der Waals surface area contributed by atoms with E-state index in [1.54, 1.807) is 0 Å². The normalized spacial score (nSPS) is 17.2. The van der Waals surface area contributed by atoms with Crippen molar-refractivity contribution < 1.29 is 4.79 Å². The van der Waals surface area contributed by atoms with Crippen LogP contribution in [-0.4, -0.2) is 23.9 Å². The predicted octanol–water partition coefficient (Wildman–Crippen LogP) is 3.71. The first-order valence-corrected chi connectivity index (χ1v) is 7.06. The molecule has 1 unspecified atom stereocenters. The van der Waals surface area contributed by atoms with Crippen molar-refractivity contribution in [2.45, 2.75) is 38.0 Å². The molecule has 0 saturated carbocycles. The van der Waals surface area contributed by atoms with Gasteiger partial charge in [0.05, 0.1) is 0 Å². The SMILES string of the molecule is CC(C)c1ccc(C(Cl)C(=O)N2CCCC2)cc1. The Kier molecular flexibility index (Phi) is 4.28. The second-order valence-corrected chi connectivity index (χ2v) is 5.65. The van der Waals surface area contributed by atoms with Crippen LogP contribution in [0.1, 0.15) is 49.1 Å². The fourth-order valence-electron chi connectivity index (χ4n) is 2.29. The molecule has 1 aromatic carbocycles. The smallest absolute Gasteiger partial charge is 0.245 e. The lowest BCUT2D eigenvalue weighted by molar-refractivity contribution is -0.129. The molecule has 1 saturated heterocycles. The molecular formula is C15H20ClNO. The van der Waals surface area contributed by atoms with Crippen LogP contribution in [0.3, 0.4) is 0 Å². The van der Waals surface area contributed by atoms with E-state index in [1.165, 1.54) is 5.56 Å². The summed E-state index contributed by atoms with van der Waals surface area (Å²) in [5.41, 5.74) is 2.18. The van der Waals surface area contributed by atoms with Crippen molar-refractivity contribution in [2.75, 3.05) is 13.1 Å². The first-order valence-electron chi connectivity index (χ1n) is 6.62. The minimum atomic E-state index is -0.538. The molecule has 0 radical (unpaired) electrons. The number of hydrogen-bond donors (Lipinski definition) is 0. The van der Waals surface area contributed by atoms with Gasteiger partial charge in [0.25, 0.3) is 0 Å². The van der Waals surface area contributed by atoms with Crippen LogP contribution < -0.4 is 0 Å². The van der Waals surface area contributed by atoms with Gasteiger partial charge >= 0.3 is 0 Å². The number of carbonyl (C=O) groups excluding carboxylic acids is 1. The highest BCUT2D eigenvalue weighted by molar-refractivity contribution is 6.30. The van der Waals surface area contributed by atoms with E-state index in [9.17, 15) is 4.79 Å². The summed E-state index contributed by atoms with van der Waals surface area (Å²) in [7, 11) is 0. The third-order valence-corrected chi connectivity index (χ3v) is 3.97. The number of rotatable bonds is 3. The van der Waals surface area contributed by atoms with E-state index in [1.807, 2.05) is 17.0 Å². The van der Waals surface area contributed by atoms with Gasteiger partial charge in [0.15, 0.2) is 0 Å². The summed E-state index contributed by atoms with van der Waals surface area (Å²) in [6, 6.07) is 8.07. The Morgan fingerprint density at radius 2 is 1.61 bits per heavy atom. The minimum absolute atomic E-state index is 0.0477. The van der Waals surface area contributed by atoms with Crippen molar-refractivity contribution in [3.05, 3.63) is 35.4 Å². The quantitative estimate of drug-likeness (QED) is 0.763. The van der Waals surface area contributed by atoms with Crippen molar-refractivity contribution in [1.82, 2.24) is 4.90 Å². The number of benzene rings is 1. The number of hydrogen-bond acceptors (Lipinski definition) is 1. The molecule has 2 rings (SSSR count). The monoisotopic (exact) mass is 265 g/mol. The van der Waals surface area contributed by atoms with Crippen LogP contribution >= 0.6 is 11.6 Å². The second-order valence-electron chi connectivity index (χ2n) is 5.22. The fraction of sp³-hybridized carbons (Fsp3) is 0.533. The molecule has 1 fully saturated rings. The lowest BCUT2D eigenvalue weighted by Crippen LogP contribution is -2.30.